The second-order valence-electron chi connectivity index (χ2n) is 3.41. The molecule has 1 fully saturated rings. The Kier molecular flexibility index (Phi) is 3.69. The minimum atomic E-state index is -0.725. The first-order valence-corrected chi connectivity index (χ1v) is 4.54. The number of hydrogen-bond donors (Lipinski definition) is 1. The molecule has 4 nitrogen and oxygen atoms in total. The zero-order valence-corrected chi connectivity index (χ0v) is 8.03. The molecule has 0 aliphatic carbocycles. The largest absolute Gasteiger partial charge is 0.469 e. The lowest BCUT2D eigenvalue weighted by atomic mass is 10.1. The number of esters is 1. The molecule has 1 N–H and O–H groups in total. The van der Waals surface area contributed by atoms with E-state index in [0.717, 1.165) is 12.8 Å². The summed E-state index contributed by atoms with van der Waals surface area (Å²) in [6.45, 7) is 1.96. The fourth-order valence-corrected chi connectivity index (χ4v) is 1.50. The fraction of sp³-hybridized carbons (Fsp3) is 0.889. The second kappa shape index (κ2) is 4.58. The van der Waals surface area contributed by atoms with Crippen LogP contribution in [0, 0.1) is 0 Å². The summed E-state index contributed by atoms with van der Waals surface area (Å²) >= 11 is 0. The van der Waals surface area contributed by atoms with Crippen molar-refractivity contribution in [2.24, 2.45) is 0 Å². The summed E-state index contributed by atoms with van der Waals surface area (Å²) in [5.41, 5.74) is 0. The Morgan fingerprint density at radius 1 is 1.69 bits per heavy atom. The van der Waals surface area contributed by atoms with Gasteiger partial charge in [0.2, 0.25) is 0 Å². The number of ether oxygens (including phenoxy) is 2. The molecule has 76 valence electrons. The predicted molar refractivity (Wildman–Crippen MR) is 46.2 cm³/mol. The van der Waals surface area contributed by atoms with Crippen molar-refractivity contribution in [2.75, 3.05) is 7.11 Å². The molecule has 0 aromatic rings. The molecular formula is C9H16O4. The lowest BCUT2D eigenvalue weighted by Gasteiger charge is -2.16. The van der Waals surface area contributed by atoms with Gasteiger partial charge in [-0.15, -0.1) is 0 Å². The molecule has 13 heavy (non-hydrogen) atoms. The van der Waals surface area contributed by atoms with Crippen molar-refractivity contribution < 1.29 is 19.4 Å². The monoisotopic (exact) mass is 188 g/mol. The Morgan fingerprint density at radius 3 is 2.85 bits per heavy atom. The molecule has 1 unspecified atom stereocenters. The minimum Gasteiger partial charge on any atom is -0.469 e. The van der Waals surface area contributed by atoms with Gasteiger partial charge < -0.3 is 14.6 Å². The van der Waals surface area contributed by atoms with Crippen LogP contribution in [0.1, 0.15) is 26.2 Å². The van der Waals surface area contributed by atoms with Gasteiger partial charge in [-0.3, -0.25) is 4.79 Å². The number of carbonyl (C=O) groups is 1. The smallest absolute Gasteiger partial charge is 0.308 e. The molecular weight excluding hydrogens is 172 g/mol. The molecule has 0 bridgehead atoms. The van der Waals surface area contributed by atoms with Crippen LogP contribution < -0.4 is 0 Å². The van der Waals surface area contributed by atoms with Crippen molar-refractivity contribution in [2.45, 2.75) is 44.5 Å². The zero-order chi connectivity index (χ0) is 9.84. The van der Waals surface area contributed by atoms with Crippen LogP contribution in [0.3, 0.4) is 0 Å². The van der Waals surface area contributed by atoms with Crippen LogP contribution in [-0.4, -0.2) is 36.5 Å². The van der Waals surface area contributed by atoms with E-state index in [1.807, 2.05) is 6.92 Å². The van der Waals surface area contributed by atoms with Crippen LogP contribution in [0.5, 0.6) is 0 Å². The number of rotatable bonds is 3. The topological polar surface area (TPSA) is 55.8 Å². The summed E-state index contributed by atoms with van der Waals surface area (Å²) < 4.78 is 9.86. The van der Waals surface area contributed by atoms with Crippen LogP contribution >= 0.6 is 0 Å². The van der Waals surface area contributed by atoms with Crippen LogP contribution in [0.4, 0.5) is 0 Å². The van der Waals surface area contributed by atoms with Gasteiger partial charge in [-0.25, -0.2) is 0 Å². The van der Waals surface area contributed by atoms with E-state index < -0.39 is 12.1 Å². The molecule has 1 rings (SSSR count). The van der Waals surface area contributed by atoms with Crippen molar-refractivity contribution in [1.82, 2.24) is 0 Å². The Hall–Kier alpha value is -0.610. The van der Waals surface area contributed by atoms with Gasteiger partial charge >= 0.3 is 5.97 Å². The third-order valence-corrected chi connectivity index (χ3v) is 2.30. The lowest BCUT2D eigenvalue weighted by molar-refractivity contribution is -0.145. The summed E-state index contributed by atoms with van der Waals surface area (Å²) in [5, 5.41) is 9.54. The Bertz CT molecular complexity index is 180. The zero-order valence-electron chi connectivity index (χ0n) is 8.03. The average molecular weight is 188 g/mol. The van der Waals surface area contributed by atoms with E-state index in [1.54, 1.807) is 0 Å². The molecule has 1 aliphatic rings. The molecule has 0 saturated carbocycles. The number of hydrogen-bond acceptors (Lipinski definition) is 4. The van der Waals surface area contributed by atoms with E-state index in [-0.39, 0.29) is 18.6 Å². The second-order valence-corrected chi connectivity index (χ2v) is 3.41. The third-order valence-electron chi connectivity index (χ3n) is 2.30. The highest BCUT2D eigenvalue weighted by Gasteiger charge is 2.29. The van der Waals surface area contributed by atoms with Crippen molar-refractivity contribution in [3.63, 3.8) is 0 Å². The van der Waals surface area contributed by atoms with E-state index in [1.165, 1.54) is 7.11 Å². The first-order chi connectivity index (χ1) is 6.13. The van der Waals surface area contributed by atoms with E-state index in [9.17, 15) is 9.90 Å². The van der Waals surface area contributed by atoms with Crippen LogP contribution in [0.2, 0.25) is 0 Å². The highest BCUT2D eigenvalue weighted by atomic mass is 16.5. The number of aliphatic hydroxyl groups is 1. The molecule has 1 saturated heterocycles. The van der Waals surface area contributed by atoms with Crippen molar-refractivity contribution >= 4 is 5.97 Å². The quantitative estimate of drug-likeness (QED) is 0.654. The van der Waals surface area contributed by atoms with Crippen LogP contribution in [-0.2, 0) is 14.3 Å². The number of methoxy groups -OCH3 is 1. The summed E-state index contributed by atoms with van der Waals surface area (Å²) in [4.78, 5) is 10.8. The Balaban J connectivity index is 2.31. The number of carbonyl (C=O) groups excluding carboxylic acids is 1. The summed E-state index contributed by atoms with van der Waals surface area (Å²) in [6.07, 6.45) is 1.06. The molecule has 4 heteroatoms. The highest BCUT2D eigenvalue weighted by Crippen LogP contribution is 2.23. The first-order valence-electron chi connectivity index (χ1n) is 4.54. The van der Waals surface area contributed by atoms with Gasteiger partial charge in [-0.05, 0) is 19.8 Å². The minimum absolute atomic E-state index is 0.0217. The Morgan fingerprint density at radius 2 is 2.38 bits per heavy atom. The van der Waals surface area contributed by atoms with Gasteiger partial charge in [-0.2, -0.15) is 0 Å². The number of aliphatic hydroxyl groups excluding tert-OH is 1. The SMILES string of the molecule is COC(=O)C[C@@H](O)C1CC[C@@H](C)O1. The normalized spacial score (nSPS) is 30.1. The maximum atomic E-state index is 10.8. The molecule has 1 aliphatic heterocycles. The first kappa shape index (κ1) is 10.5. The van der Waals surface area contributed by atoms with Crippen molar-refractivity contribution in [3.8, 4) is 0 Å². The van der Waals surface area contributed by atoms with E-state index in [4.69, 9.17) is 4.74 Å². The summed E-state index contributed by atoms with van der Waals surface area (Å²) in [5.74, 6) is -0.393. The molecule has 0 amide bonds. The van der Waals surface area contributed by atoms with Crippen molar-refractivity contribution in [3.05, 3.63) is 0 Å². The standard InChI is InChI=1S/C9H16O4/c1-6-3-4-8(13-6)7(10)5-9(11)12-2/h6-8,10H,3-5H2,1-2H3/t6-,7-,8?/m1/s1. The third kappa shape index (κ3) is 2.97. The lowest BCUT2D eigenvalue weighted by Crippen LogP contribution is -2.28. The van der Waals surface area contributed by atoms with Gasteiger partial charge in [0, 0.05) is 0 Å². The van der Waals surface area contributed by atoms with Gasteiger partial charge in [-0.1, -0.05) is 0 Å². The molecule has 0 spiro atoms. The maximum absolute atomic E-state index is 10.8. The molecule has 1 heterocycles. The molecule has 0 radical (unpaired) electrons. The molecule has 0 aromatic carbocycles. The average Bonchev–Trinajstić information content (AvgIpc) is 2.51. The highest BCUT2D eigenvalue weighted by molar-refractivity contribution is 5.69. The van der Waals surface area contributed by atoms with Crippen LogP contribution in [0.15, 0.2) is 0 Å². The van der Waals surface area contributed by atoms with E-state index >= 15 is 0 Å². The van der Waals surface area contributed by atoms with Crippen LogP contribution in [0.25, 0.3) is 0 Å². The maximum Gasteiger partial charge on any atom is 0.308 e. The summed E-state index contributed by atoms with van der Waals surface area (Å²) in [7, 11) is 1.31. The van der Waals surface area contributed by atoms with Gasteiger partial charge in [0.05, 0.1) is 31.8 Å². The Labute approximate surface area is 77.8 Å². The summed E-state index contributed by atoms with van der Waals surface area (Å²) in [6, 6.07) is 0. The predicted octanol–water partition coefficient (Wildman–Crippen LogP) is 0.478. The molecule has 3 atom stereocenters. The van der Waals surface area contributed by atoms with Gasteiger partial charge in [0.1, 0.15) is 0 Å². The van der Waals surface area contributed by atoms with Crippen molar-refractivity contribution in [1.29, 1.82) is 0 Å². The van der Waals surface area contributed by atoms with Gasteiger partial charge in [0.25, 0.3) is 0 Å². The van der Waals surface area contributed by atoms with E-state index in [2.05, 4.69) is 4.74 Å². The van der Waals surface area contributed by atoms with E-state index in [0.29, 0.717) is 0 Å². The van der Waals surface area contributed by atoms with Gasteiger partial charge in [0.15, 0.2) is 0 Å². The molecule has 0 aromatic heterocycles. The fourth-order valence-electron chi connectivity index (χ4n) is 1.50.